The second kappa shape index (κ2) is 10.4. The van der Waals surface area contributed by atoms with Crippen molar-refractivity contribution in [2.24, 2.45) is 4.99 Å². The first kappa shape index (κ1) is 20.5. The van der Waals surface area contributed by atoms with E-state index in [2.05, 4.69) is 15.6 Å². The van der Waals surface area contributed by atoms with Gasteiger partial charge in [0.2, 0.25) is 0 Å². The fourth-order valence-corrected chi connectivity index (χ4v) is 2.49. The number of halogens is 1. The van der Waals surface area contributed by atoms with Gasteiger partial charge in [0.15, 0.2) is 5.96 Å². The van der Waals surface area contributed by atoms with Gasteiger partial charge in [-0.25, -0.2) is 0 Å². The lowest BCUT2D eigenvalue weighted by Crippen LogP contribution is -2.39. The first-order valence-corrected chi connectivity index (χ1v) is 7.80. The number of aliphatic hydroxyl groups excluding tert-OH is 1. The van der Waals surface area contributed by atoms with Gasteiger partial charge < -0.3 is 20.2 Å². The van der Waals surface area contributed by atoms with Crippen molar-refractivity contribution in [1.82, 2.24) is 10.6 Å². The molecule has 2 aromatic rings. The van der Waals surface area contributed by atoms with E-state index in [0.717, 1.165) is 22.6 Å². The molecule has 1 aromatic heterocycles. The number of aliphatic hydroxyl groups is 1. The maximum atomic E-state index is 9.60. The minimum atomic E-state index is 0. The van der Waals surface area contributed by atoms with Crippen LogP contribution in [0.2, 0.25) is 0 Å². The average Bonchev–Trinajstić information content (AvgIpc) is 2.89. The number of aliphatic imine (C=N–C) groups is 1. The van der Waals surface area contributed by atoms with Crippen LogP contribution in [-0.2, 0) is 6.54 Å². The summed E-state index contributed by atoms with van der Waals surface area (Å²) in [5.74, 6) is 2.57. The van der Waals surface area contributed by atoms with Crippen LogP contribution in [0.5, 0.6) is 0 Å². The average molecular weight is 443 g/mol. The van der Waals surface area contributed by atoms with Gasteiger partial charge in [-0.1, -0.05) is 30.3 Å². The highest BCUT2D eigenvalue weighted by Crippen LogP contribution is 2.14. The van der Waals surface area contributed by atoms with Gasteiger partial charge in [-0.05, 0) is 25.5 Å². The molecule has 0 saturated carbocycles. The van der Waals surface area contributed by atoms with Crippen LogP contribution in [0.15, 0.2) is 45.8 Å². The number of benzene rings is 1. The van der Waals surface area contributed by atoms with E-state index < -0.39 is 0 Å². The molecule has 1 atom stereocenters. The number of furan rings is 1. The van der Waals surface area contributed by atoms with Crippen molar-refractivity contribution >= 4 is 29.9 Å². The quantitative estimate of drug-likeness (QED) is 0.365. The largest absolute Gasteiger partial charge is 0.466 e. The molecule has 0 bridgehead atoms. The fraction of sp³-hybridized carbons (Fsp3) is 0.389. The summed E-state index contributed by atoms with van der Waals surface area (Å²) in [6, 6.07) is 12.0. The van der Waals surface area contributed by atoms with E-state index in [1.54, 1.807) is 7.05 Å². The molecule has 0 radical (unpaired) electrons. The van der Waals surface area contributed by atoms with Crippen LogP contribution in [0.25, 0.3) is 0 Å². The minimum Gasteiger partial charge on any atom is -0.466 e. The van der Waals surface area contributed by atoms with Crippen molar-refractivity contribution in [3.8, 4) is 0 Å². The summed E-state index contributed by atoms with van der Waals surface area (Å²) in [6.45, 7) is 5.25. The van der Waals surface area contributed by atoms with Gasteiger partial charge in [0, 0.05) is 31.6 Å². The molecule has 2 rings (SSSR count). The van der Waals surface area contributed by atoms with E-state index in [1.165, 1.54) is 0 Å². The second-order valence-corrected chi connectivity index (χ2v) is 5.54. The molecular weight excluding hydrogens is 417 g/mol. The smallest absolute Gasteiger partial charge is 0.191 e. The molecule has 6 heteroatoms. The van der Waals surface area contributed by atoms with Crippen molar-refractivity contribution in [2.75, 3.05) is 20.2 Å². The van der Waals surface area contributed by atoms with Gasteiger partial charge in [0.05, 0.1) is 6.61 Å². The number of nitrogens with one attached hydrogen (secondary N) is 2. The fourth-order valence-electron chi connectivity index (χ4n) is 2.49. The molecule has 0 aliphatic carbocycles. The summed E-state index contributed by atoms with van der Waals surface area (Å²) >= 11 is 0. The van der Waals surface area contributed by atoms with E-state index in [0.29, 0.717) is 19.0 Å². The molecule has 5 nitrogen and oxygen atoms in total. The molecule has 132 valence electrons. The number of rotatable bonds is 6. The molecule has 0 aliphatic rings. The van der Waals surface area contributed by atoms with Crippen molar-refractivity contribution < 1.29 is 9.52 Å². The normalized spacial score (nSPS) is 12.4. The SMILES string of the molecule is CN=C(NCc1cc(C)oc1C)NCC(CO)c1ccccc1.I. The molecule has 3 N–H and O–H groups in total. The van der Waals surface area contributed by atoms with E-state index in [9.17, 15) is 5.11 Å². The molecule has 24 heavy (non-hydrogen) atoms. The molecular formula is C18H26IN3O2. The maximum absolute atomic E-state index is 9.60. The maximum Gasteiger partial charge on any atom is 0.191 e. The van der Waals surface area contributed by atoms with Crippen molar-refractivity contribution in [3.05, 3.63) is 59.0 Å². The van der Waals surface area contributed by atoms with Crippen LogP contribution in [0.1, 0.15) is 28.6 Å². The van der Waals surface area contributed by atoms with Crippen molar-refractivity contribution in [3.63, 3.8) is 0 Å². The predicted molar refractivity (Wildman–Crippen MR) is 108 cm³/mol. The molecule has 0 spiro atoms. The number of guanidine groups is 1. The van der Waals surface area contributed by atoms with E-state index in [4.69, 9.17) is 4.42 Å². The van der Waals surface area contributed by atoms with E-state index in [1.807, 2.05) is 50.2 Å². The summed E-state index contributed by atoms with van der Waals surface area (Å²) in [4.78, 5) is 4.22. The second-order valence-electron chi connectivity index (χ2n) is 5.54. The molecule has 0 saturated heterocycles. The molecule has 1 aromatic carbocycles. The molecule has 0 aliphatic heterocycles. The Labute approximate surface area is 160 Å². The lowest BCUT2D eigenvalue weighted by Gasteiger charge is -2.18. The van der Waals surface area contributed by atoms with Gasteiger partial charge in [-0.3, -0.25) is 4.99 Å². The zero-order chi connectivity index (χ0) is 16.7. The van der Waals surface area contributed by atoms with Gasteiger partial charge in [0.1, 0.15) is 11.5 Å². The van der Waals surface area contributed by atoms with Crippen LogP contribution in [0, 0.1) is 13.8 Å². The van der Waals surface area contributed by atoms with Crippen LogP contribution in [0.3, 0.4) is 0 Å². The van der Waals surface area contributed by atoms with Gasteiger partial charge in [-0.15, -0.1) is 24.0 Å². The standard InChI is InChI=1S/C18H25N3O2.HI/c1-13-9-16(14(2)23-13)10-20-18(19-3)21-11-17(12-22)15-7-5-4-6-8-15;/h4-9,17,22H,10-12H2,1-3H3,(H2,19,20,21);1H. The van der Waals surface area contributed by atoms with Gasteiger partial charge in [-0.2, -0.15) is 0 Å². The lowest BCUT2D eigenvalue weighted by atomic mass is 10.0. The number of hydrogen-bond acceptors (Lipinski definition) is 3. The minimum absolute atomic E-state index is 0. The number of hydrogen-bond donors (Lipinski definition) is 3. The number of aryl methyl sites for hydroxylation is 2. The highest BCUT2D eigenvalue weighted by atomic mass is 127. The lowest BCUT2D eigenvalue weighted by molar-refractivity contribution is 0.265. The Morgan fingerprint density at radius 2 is 1.92 bits per heavy atom. The molecule has 0 fully saturated rings. The van der Waals surface area contributed by atoms with Crippen LogP contribution in [-0.4, -0.2) is 31.3 Å². The summed E-state index contributed by atoms with van der Waals surface area (Å²) in [7, 11) is 1.74. The Morgan fingerprint density at radius 3 is 2.46 bits per heavy atom. The van der Waals surface area contributed by atoms with Crippen molar-refractivity contribution in [1.29, 1.82) is 0 Å². The highest BCUT2D eigenvalue weighted by Gasteiger charge is 2.11. The summed E-state index contributed by atoms with van der Waals surface area (Å²) < 4.78 is 5.52. The summed E-state index contributed by atoms with van der Waals surface area (Å²) in [5, 5.41) is 16.1. The zero-order valence-electron chi connectivity index (χ0n) is 14.4. The Balaban J connectivity index is 0.00000288. The topological polar surface area (TPSA) is 69.8 Å². The molecule has 1 unspecified atom stereocenters. The van der Waals surface area contributed by atoms with Crippen molar-refractivity contribution in [2.45, 2.75) is 26.3 Å². The van der Waals surface area contributed by atoms with Crippen LogP contribution >= 0.6 is 24.0 Å². The third-order valence-electron chi connectivity index (χ3n) is 3.82. The summed E-state index contributed by atoms with van der Waals surface area (Å²) in [5.41, 5.74) is 2.23. The Morgan fingerprint density at radius 1 is 1.21 bits per heavy atom. The van der Waals surface area contributed by atoms with Crippen LogP contribution < -0.4 is 10.6 Å². The van der Waals surface area contributed by atoms with E-state index >= 15 is 0 Å². The Hall–Kier alpha value is -1.54. The first-order valence-electron chi connectivity index (χ1n) is 7.80. The summed E-state index contributed by atoms with van der Waals surface area (Å²) in [6.07, 6.45) is 0. The zero-order valence-corrected chi connectivity index (χ0v) is 16.7. The molecule has 0 amide bonds. The Bertz CT molecular complexity index is 641. The predicted octanol–water partition coefficient (Wildman–Crippen LogP) is 2.96. The van der Waals surface area contributed by atoms with E-state index in [-0.39, 0.29) is 36.5 Å². The number of nitrogens with zero attached hydrogens (tertiary/aromatic N) is 1. The Kier molecular flexibility index (Phi) is 8.84. The first-order chi connectivity index (χ1) is 11.1. The van der Waals surface area contributed by atoms with Crippen LogP contribution in [0.4, 0.5) is 0 Å². The highest BCUT2D eigenvalue weighted by molar-refractivity contribution is 14.0. The monoisotopic (exact) mass is 443 g/mol. The third-order valence-corrected chi connectivity index (χ3v) is 3.82. The van der Waals surface area contributed by atoms with Gasteiger partial charge >= 0.3 is 0 Å². The van der Waals surface area contributed by atoms with Gasteiger partial charge in [0.25, 0.3) is 0 Å². The molecule has 1 heterocycles. The third kappa shape index (κ3) is 5.83.